The smallest absolute Gasteiger partial charge is 0.405 e. The zero-order valence-corrected chi connectivity index (χ0v) is 12.5. The lowest BCUT2D eigenvalue weighted by Gasteiger charge is -2.36. The quantitative estimate of drug-likeness (QED) is 0.885. The molecule has 1 aliphatic rings. The van der Waals surface area contributed by atoms with Crippen molar-refractivity contribution in [1.82, 2.24) is 0 Å². The number of halogens is 1. The molecule has 2 rings (SSSR count). The molecule has 1 saturated heterocycles. The maximum atomic E-state index is 11.5. The topological polar surface area (TPSA) is 86.5 Å². The van der Waals surface area contributed by atoms with Gasteiger partial charge in [-0.1, -0.05) is 28.1 Å². The van der Waals surface area contributed by atoms with Crippen LogP contribution < -0.4 is 5.73 Å². The van der Waals surface area contributed by atoms with Crippen molar-refractivity contribution in [1.29, 1.82) is 0 Å². The van der Waals surface area contributed by atoms with E-state index in [4.69, 9.17) is 10.5 Å². The fourth-order valence-electron chi connectivity index (χ4n) is 2.26. The van der Waals surface area contributed by atoms with Crippen LogP contribution in [0.5, 0.6) is 0 Å². The fourth-order valence-corrected chi connectivity index (χ4v) is 4.01. The first-order valence-corrected chi connectivity index (χ1v) is 8.39. The average molecular weight is 348 g/mol. The molecule has 0 aliphatic carbocycles. The normalized spacial score (nSPS) is 20.7. The first kappa shape index (κ1) is 14.3. The minimum Gasteiger partial charge on any atom is -0.438 e. The monoisotopic (exact) mass is 347 g/mol. The van der Waals surface area contributed by atoms with Gasteiger partial charge in [0.05, 0.1) is 11.5 Å². The molecule has 0 bridgehead atoms. The van der Waals surface area contributed by atoms with E-state index in [1.807, 2.05) is 24.3 Å². The molecule has 7 heteroatoms. The van der Waals surface area contributed by atoms with Crippen LogP contribution in [0.1, 0.15) is 18.4 Å². The van der Waals surface area contributed by atoms with Gasteiger partial charge in [-0.2, -0.15) is 0 Å². The maximum absolute atomic E-state index is 11.5. The second-order valence-electron chi connectivity index (χ2n) is 4.57. The molecule has 1 fully saturated rings. The average Bonchev–Trinajstić information content (AvgIpc) is 2.33. The number of amides is 1. The molecule has 1 amide bonds. The van der Waals surface area contributed by atoms with E-state index in [0.29, 0.717) is 0 Å². The van der Waals surface area contributed by atoms with E-state index in [1.165, 1.54) is 0 Å². The molecular formula is C12H14BrNO4S. The number of carbonyl (C=O) groups is 1. The summed E-state index contributed by atoms with van der Waals surface area (Å²) in [7, 11) is -3.05. The van der Waals surface area contributed by atoms with Gasteiger partial charge in [-0.3, -0.25) is 0 Å². The second kappa shape index (κ2) is 5.13. The summed E-state index contributed by atoms with van der Waals surface area (Å²) in [5.74, 6) is -0.00725. The maximum Gasteiger partial charge on any atom is 0.405 e. The van der Waals surface area contributed by atoms with Crippen molar-refractivity contribution in [2.75, 3.05) is 11.5 Å². The molecule has 5 nitrogen and oxygen atoms in total. The molecule has 0 unspecified atom stereocenters. The van der Waals surface area contributed by atoms with Gasteiger partial charge in [-0.25, -0.2) is 13.2 Å². The van der Waals surface area contributed by atoms with E-state index in [1.54, 1.807) is 0 Å². The summed E-state index contributed by atoms with van der Waals surface area (Å²) in [5, 5.41) is 0. The molecule has 104 valence electrons. The van der Waals surface area contributed by atoms with Crippen LogP contribution in [-0.4, -0.2) is 26.0 Å². The van der Waals surface area contributed by atoms with Crippen LogP contribution in [-0.2, 0) is 20.2 Å². The number of hydrogen-bond acceptors (Lipinski definition) is 4. The molecule has 1 aromatic carbocycles. The van der Waals surface area contributed by atoms with Crippen molar-refractivity contribution >= 4 is 31.9 Å². The van der Waals surface area contributed by atoms with Crippen LogP contribution in [0.2, 0.25) is 0 Å². The van der Waals surface area contributed by atoms with E-state index in [9.17, 15) is 13.2 Å². The van der Waals surface area contributed by atoms with Gasteiger partial charge in [-0.15, -0.1) is 0 Å². The first-order chi connectivity index (χ1) is 8.83. The van der Waals surface area contributed by atoms with Crippen LogP contribution >= 0.6 is 15.9 Å². The van der Waals surface area contributed by atoms with Crippen molar-refractivity contribution in [3.05, 3.63) is 34.3 Å². The Balaban J connectivity index is 2.36. The number of nitrogens with two attached hydrogens (primary N) is 1. The van der Waals surface area contributed by atoms with E-state index >= 15 is 0 Å². The van der Waals surface area contributed by atoms with Crippen molar-refractivity contribution in [3.63, 3.8) is 0 Å². The van der Waals surface area contributed by atoms with Gasteiger partial charge in [0.2, 0.25) is 0 Å². The standard InChI is InChI=1S/C12H14BrNO4S/c13-10-3-1-9(2-4-10)12(18-11(14)15)5-7-19(16,17)8-6-12/h1-4H,5-8H2,(H2,14,15). The van der Waals surface area contributed by atoms with E-state index < -0.39 is 21.5 Å². The van der Waals surface area contributed by atoms with Crippen LogP contribution in [0.3, 0.4) is 0 Å². The highest BCUT2D eigenvalue weighted by Crippen LogP contribution is 2.38. The fraction of sp³-hybridized carbons (Fsp3) is 0.417. The molecule has 1 heterocycles. The SMILES string of the molecule is NC(=O)OC1(c2ccc(Br)cc2)CCS(=O)(=O)CC1. The van der Waals surface area contributed by atoms with Crippen molar-refractivity contribution in [2.24, 2.45) is 5.73 Å². The number of ether oxygens (including phenoxy) is 1. The lowest BCUT2D eigenvalue weighted by atomic mass is 9.88. The minimum atomic E-state index is -3.05. The summed E-state index contributed by atoms with van der Waals surface area (Å²) in [5.41, 5.74) is 4.96. The summed E-state index contributed by atoms with van der Waals surface area (Å²) < 4.78 is 29.2. The van der Waals surface area contributed by atoms with Gasteiger partial charge < -0.3 is 10.5 Å². The molecule has 19 heavy (non-hydrogen) atoms. The van der Waals surface area contributed by atoms with Crippen LogP contribution in [0.4, 0.5) is 4.79 Å². The van der Waals surface area contributed by atoms with E-state index in [0.717, 1.165) is 10.0 Å². The molecule has 0 spiro atoms. The summed E-state index contributed by atoms with van der Waals surface area (Å²) in [4.78, 5) is 11.1. The van der Waals surface area contributed by atoms with Crippen molar-refractivity contribution < 1.29 is 17.9 Å². The van der Waals surface area contributed by atoms with Crippen molar-refractivity contribution in [3.8, 4) is 0 Å². The highest BCUT2D eigenvalue weighted by Gasteiger charge is 2.41. The number of hydrogen-bond donors (Lipinski definition) is 1. The number of rotatable bonds is 2. The van der Waals surface area contributed by atoms with Gasteiger partial charge in [-0.05, 0) is 17.7 Å². The van der Waals surface area contributed by atoms with Crippen molar-refractivity contribution in [2.45, 2.75) is 18.4 Å². The molecule has 0 atom stereocenters. The lowest BCUT2D eigenvalue weighted by Crippen LogP contribution is -2.42. The van der Waals surface area contributed by atoms with E-state index in [2.05, 4.69) is 15.9 Å². The molecule has 0 radical (unpaired) electrons. The zero-order chi connectivity index (χ0) is 14.1. The summed E-state index contributed by atoms with van der Waals surface area (Å²) in [6.45, 7) is 0. The Bertz CT molecular complexity index is 568. The molecule has 0 saturated carbocycles. The minimum absolute atomic E-state index is 0.00363. The Hall–Kier alpha value is -1.08. The number of benzene rings is 1. The Labute approximate surface area is 120 Å². The highest BCUT2D eigenvalue weighted by atomic mass is 79.9. The number of primary amides is 1. The summed E-state index contributed by atoms with van der Waals surface area (Å²) >= 11 is 3.33. The van der Waals surface area contributed by atoms with Crippen LogP contribution in [0, 0.1) is 0 Å². The highest BCUT2D eigenvalue weighted by molar-refractivity contribution is 9.10. The van der Waals surface area contributed by atoms with Gasteiger partial charge in [0.25, 0.3) is 0 Å². The third kappa shape index (κ3) is 3.27. The van der Waals surface area contributed by atoms with Gasteiger partial charge >= 0.3 is 6.09 Å². The molecule has 0 aromatic heterocycles. The second-order valence-corrected chi connectivity index (χ2v) is 7.79. The number of sulfone groups is 1. The zero-order valence-electron chi connectivity index (χ0n) is 10.1. The Morgan fingerprint density at radius 3 is 2.21 bits per heavy atom. The van der Waals surface area contributed by atoms with Crippen LogP contribution in [0.25, 0.3) is 0 Å². The van der Waals surface area contributed by atoms with Gasteiger partial charge in [0.15, 0.2) is 9.84 Å². The largest absolute Gasteiger partial charge is 0.438 e. The molecule has 2 N–H and O–H groups in total. The van der Waals surface area contributed by atoms with Crippen LogP contribution in [0.15, 0.2) is 28.7 Å². The summed E-state index contributed by atoms with van der Waals surface area (Å²) in [6, 6.07) is 7.27. The Morgan fingerprint density at radius 1 is 1.21 bits per heavy atom. The number of carbonyl (C=O) groups excluding carboxylic acids is 1. The third-order valence-electron chi connectivity index (χ3n) is 3.30. The molecular weight excluding hydrogens is 334 g/mol. The van der Waals surface area contributed by atoms with E-state index in [-0.39, 0.29) is 24.3 Å². The van der Waals surface area contributed by atoms with Gasteiger partial charge in [0, 0.05) is 17.3 Å². The Morgan fingerprint density at radius 2 is 1.74 bits per heavy atom. The molecule has 1 aromatic rings. The first-order valence-electron chi connectivity index (χ1n) is 5.78. The predicted octanol–water partition coefficient (Wildman–Crippen LogP) is 1.95. The third-order valence-corrected chi connectivity index (χ3v) is 5.48. The lowest BCUT2D eigenvalue weighted by molar-refractivity contribution is 0.00459. The molecule has 1 aliphatic heterocycles. The predicted molar refractivity (Wildman–Crippen MR) is 74.4 cm³/mol. The summed E-state index contributed by atoms with van der Waals surface area (Å²) in [6.07, 6.45) is -0.415. The Kier molecular flexibility index (Phi) is 3.87. The van der Waals surface area contributed by atoms with Gasteiger partial charge in [0.1, 0.15) is 5.60 Å².